The molecule has 5 heteroatoms. The zero-order valence-corrected chi connectivity index (χ0v) is 10.9. The summed E-state index contributed by atoms with van der Waals surface area (Å²) in [4.78, 5) is 11.1. The van der Waals surface area contributed by atoms with Crippen LogP contribution in [-0.2, 0) is 0 Å². The molecule has 96 valence electrons. The average Bonchev–Trinajstić information content (AvgIpc) is 2.76. The number of nitrogens with two attached hydrogens (primary N) is 1. The Labute approximate surface area is 107 Å². The Morgan fingerprint density at radius 2 is 2.00 bits per heavy atom. The third kappa shape index (κ3) is 1.89. The fraction of sp³-hybridized carbons (Fsp3) is 0.538. The van der Waals surface area contributed by atoms with Crippen molar-refractivity contribution in [3.63, 3.8) is 0 Å². The maximum absolute atomic E-state index is 5.86. The van der Waals surface area contributed by atoms with E-state index in [1.54, 1.807) is 12.4 Å². The quantitative estimate of drug-likeness (QED) is 0.834. The molecule has 18 heavy (non-hydrogen) atoms. The van der Waals surface area contributed by atoms with Gasteiger partial charge in [-0.1, -0.05) is 13.8 Å². The van der Waals surface area contributed by atoms with Gasteiger partial charge in [0.05, 0.1) is 6.20 Å². The van der Waals surface area contributed by atoms with Gasteiger partial charge in [-0.05, 0) is 18.3 Å². The van der Waals surface area contributed by atoms with Crippen LogP contribution < -0.4 is 10.6 Å². The minimum Gasteiger partial charge on any atom is -0.382 e. The van der Waals surface area contributed by atoms with Crippen LogP contribution in [0.15, 0.2) is 18.6 Å². The Kier molecular flexibility index (Phi) is 2.43. The summed E-state index contributed by atoms with van der Waals surface area (Å²) in [6, 6.07) is 0. The molecule has 0 saturated carbocycles. The summed E-state index contributed by atoms with van der Waals surface area (Å²) in [6.45, 7) is 6.68. The van der Waals surface area contributed by atoms with Crippen molar-refractivity contribution in [1.82, 2.24) is 14.4 Å². The molecule has 2 N–H and O–H groups in total. The lowest BCUT2D eigenvalue weighted by atomic mass is 9.83. The van der Waals surface area contributed by atoms with Crippen LogP contribution in [0.5, 0.6) is 0 Å². The lowest BCUT2D eigenvalue weighted by Gasteiger charge is -2.37. The maximum Gasteiger partial charge on any atom is 0.180 e. The Balaban J connectivity index is 1.97. The van der Waals surface area contributed by atoms with Gasteiger partial charge >= 0.3 is 0 Å². The number of aromatic nitrogens is 3. The molecule has 1 aliphatic rings. The second-order valence-corrected chi connectivity index (χ2v) is 5.80. The molecule has 2 aromatic rings. The Hall–Kier alpha value is -1.78. The molecule has 2 aromatic heterocycles. The highest BCUT2D eigenvalue weighted by atomic mass is 15.2. The third-order valence-electron chi connectivity index (χ3n) is 3.79. The number of fused-ring (bicyclic) bond motifs is 1. The van der Waals surface area contributed by atoms with Crippen LogP contribution >= 0.6 is 0 Å². The smallest absolute Gasteiger partial charge is 0.180 e. The summed E-state index contributed by atoms with van der Waals surface area (Å²) in [7, 11) is 0. The van der Waals surface area contributed by atoms with Crippen molar-refractivity contribution < 1.29 is 0 Å². The zero-order valence-electron chi connectivity index (χ0n) is 10.9. The van der Waals surface area contributed by atoms with E-state index in [0.29, 0.717) is 11.2 Å². The van der Waals surface area contributed by atoms with Crippen molar-refractivity contribution in [3.05, 3.63) is 18.6 Å². The van der Waals surface area contributed by atoms with Gasteiger partial charge in [0, 0.05) is 25.5 Å². The highest BCUT2D eigenvalue weighted by molar-refractivity contribution is 5.66. The molecule has 0 aliphatic carbocycles. The lowest BCUT2D eigenvalue weighted by molar-refractivity contribution is 0.279. The van der Waals surface area contributed by atoms with Gasteiger partial charge in [-0.15, -0.1) is 0 Å². The number of nitrogens with zero attached hydrogens (tertiary/aromatic N) is 4. The van der Waals surface area contributed by atoms with Crippen molar-refractivity contribution >= 4 is 17.3 Å². The van der Waals surface area contributed by atoms with Gasteiger partial charge in [-0.3, -0.25) is 0 Å². The monoisotopic (exact) mass is 245 g/mol. The van der Waals surface area contributed by atoms with Crippen LogP contribution in [0.4, 0.5) is 11.6 Å². The van der Waals surface area contributed by atoms with Crippen molar-refractivity contribution in [2.45, 2.75) is 26.7 Å². The van der Waals surface area contributed by atoms with Gasteiger partial charge in [0.2, 0.25) is 0 Å². The summed E-state index contributed by atoms with van der Waals surface area (Å²) >= 11 is 0. The maximum atomic E-state index is 5.86. The molecule has 0 unspecified atom stereocenters. The van der Waals surface area contributed by atoms with E-state index in [-0.39, 0.29) is 0 Å². The first kappa shape index (κ1) is 11.3. The zero-order chi connectivity index (χ0) is 12.8. The molecular weight excluding hydrogens is 226 g/mol. The molecule has 0 spiro atoms. The Morgan fingerprint density at radius 3 is 2.72 bits per heavy atom. The van der Waals surface area contributed by atoms with Crippen LogP contribution in [0.25, 0.3) is 5.65 Å². The van der Waals surface area contributed by atoms with E-state index in [2.05, 4.69) is 28.7 Å². The summed E-state index contributed by atoms with van der Waals surface area (Å²) in [5.74, 6) is 1.45. The molecule has 0 atom stereocenters. The third-order valence-corrected chi connectivity index (χ3v) is 3.79. The van der Waals surface area contributed by atoms with Crippen molar-refractivity contribution in [3.8, 4) is 0 Å². The standard InChI is InChI=1S/C13H19N5/c1-13(2)3-6-17(7-4-13)12-11-15-5-8-18(11)9-10(14)16-12/h5,8-9H,3-4,6-7,14H2,1-2H3. The topological polar surface area (TPSA) is 59.5 Å². The molecule has 0 amide bonds. The number of nitrogen functional groups attached to an aromatic ring is 1. The van der Waals surface area contributed by atoms with Gasteiger partial charge < -0.3 is 15.0 Å². The van der Waals surface area contributed by atoms with Gasteiger partial charge in [0.25, 0.3) is 0 Å². The van der Waals surface area contributed by atoms with E-state index in [0.717, 1.165) is 24.6 Å². The molecule has 1 fully saturated rings. The Bertz CT molecular complexity index is 562. The molecule has 3 heterocycles. The van der Waals surface area contributed by atoms with Gasteiger partial charge in [0.15, 0.2) is 11.5 Å². The van der Waals surface area contributed by atoms with Crippen molar-refractivity contribution in [2.24, 2.45) is 5.41 Å². The number of hydrogen-bond acceptors (Lipinski definition) is 4. The number of hydrogen-bond donors (Lipinski definition) is 1. The summed E-state index contributed by atoms with van der Waals surface area (Å²) in [6.07, 6.45) is 7.85. The summed E-state index contributed by atoms with van der Waals surface area (Å²) in [5, 5.41) is 0. The lowest BCUT2D eigenvalue weighted by Crippen LogP contribution is -2.38. The first-order valence-electron chi connectivity index (χ1n) is 6.39. The van der Waals surface area contributed by atoms with E-state index >= 15 is 0 Å². The molecule has 0 aromatic carbocycles. The van der Waals surface area contributed by atoms with E-state index in [1.807, 2.05) is 10.6 Å². The van der Waals surface area contributed by atoms with Gasteiger partial charge in [0.1, 0.15) is 5.82 Å². The molecule has 1 saturated heterocycles. The minimum absolute atomic E-state index is 0.433. The Morgan fingerprint density at radius 1 is 1.28 bits per heavy atom. The predicted molar refractivity (Wildman–Crippen MR) is 72.6 cm³/mol. The highest BCUT2D eigenvalue weighted by Crippen LogP contribution is 2.32. The van der Waals surface area contributed by atoms with Gasteiger partial charge in [-0.2, -0.15) is 0 Å². The summed E-state index contributed by atoms with van der Waals surface area (Å²) < 4.78 is 1.94. The number of anilines is 2. The van der Waals surface area contributed by atoms with Crippen LogP contribution in [0, 0.1) is 5.41 Å². The molecule has 1 aliphatic heterocycles. The van der Waals surface area contributed by atoms with Crippen LogP contribution in [0.1, 0.15) is 26.7 Å². The SMILES string of the molecule is CC1(C)CCN(c2nc(N)cn3ccnc23)CC1. The second kappa shape index (κ2) is 3.86. The first-order valence-corrected chi connectivity index (χ1v) is 6.39. The van der Waals surface area contributed by atoms with Crippen LogP contribution in [0.2, 0.25) is 0 Å². The molecule has 0 bridgehead atoms. The predicted octanol–water partition coefficient (Wildman–Crippen LogP) is 1.94. The largest absolute Gasteiger partial charge is 0.382 e. The van der Waals surface area contributed by atoms with Crippen molar-refractivity contribution in [2.75, 3.05) is 23.7 Å². The highest BCUT2D eigenvalue weighted by Gasteiger charge is 2.27. The molecular formula is C13H19N5. The molecule has 5 nitrogen and oxygen atoms in total. The summed E-state index contributed by atoms with van der Waals surface area (Å²) in [5.41, 5.74) is 7.18. The van der Waals surface area contributed by atoms with E-state index in [1.165, 1.54) is 12.8 Å². The van der Waals surface area contributed by atoms with Gasteiger partial charge in [-0.25, -0.2) is 9.97 Å². The fourth-order valence-corrected chi connectivity index (χ4v) is 2.47. The number of rotatable bonds is 1. The number of imidazole rings is 1. The minimum atomic E-state index is 0.433. The average molecular weight is 245 g/mol. The van der Waals surface area contributed by atoms with Crippen molar-refractivity contribution in [1.29, 1.82) is 0 Å². The van der Waals surface area contributed by atoms with E-state index in [9.17, 15) is 0 Å². The normalized spacial score (nSPS) is 19.3. The fourth-order valence-electron chi connectivity index (χ4n) is 2.47. The number of piperidine rings is 1. The molecule has 0 radical (unpaired) electrons. The first-order chi connectivity index (χ1) is 8.55. The van der Waals surface area contributed by atoms with E-state index < -0.39 is 0 Å². The van der Waals surface area contributed by atoms with Crippen LogP contribution in [0.3, 0.4) is 0 Å². The second-order valence-electron chi connectivity index (χ2n) is 5.80. The molecule has 3 rings (SSSR count). The van der Waals surface area contributed by atoms with Crippen LogP contribution in [-0.4, -0.2) is 27.5 Å². The van der Waals surface area contributed by atoms with E-state index in [4.69, 9.17) is 5.73 Å².